The van der Waals surface area contributed by atoms with E-state index in [0.29, 0.717) is 25.7 Å². The van der Waals surface area contributed by atoms with Crippen LogP contribution in [0.1, 0.15) is 32.1 Å². The maximum Gasteiger partial charge on any atom is 0.442 e. The van der Waals surface area contributed by atoms with Crippen LogP contribution in [0.3, 0.4) is 0 Å². The highest BCUT2D eigenvalue weighted by atomic mass is 32.2. The summed E-state index contributed by atoms with van der Waals surface area (Å²) in [7, 11) is 1.28. The Morgan fingerprint density at radius 2 is 1.79 bits per heavy atom. The van der Waals surface area contributed by atoms with E-state index in [1.807, 2.05) is 0 Å². The van der Waals surface area contributed by atoms with Gasteiger partial charge < -0.3 is 10.0 Å². The van der Waals surface area contributed by atoms with Gasteiger partial charge in [0.2, 0.25) is 5.91 Å². The highest BCUT2D eigenvalue weighted by Crippen LogP contribution is 2.35. The van der Waals surface area contributed by atoms with Crippen LogP contribution in [-0.2, 0) is 9.59 Å². The van der Waals surface area contributed by atoms with E-state index in [0.717, 1.165) is 11.3 Å². The average Bonchev–Trinajstić information content (AvgIpc) is 2.34. The predicted octanol–water partition coefficient (Wildman–Crippen LogP) is 2.49. The Balaban J connectivity index is 2.74. The number of hydrogen-bond donors (Lipinski definition) is 1. The van der Waals surface area contributed by atoms with Gasteiger partial charge in [0.1, 0.15) is 5.54 Å². The Bertz CT molecular complexity index is 354. The zero-order chi connectivity index (χ0) is 14.7. The number of alkyl halides is 3. The van der Waals surface area contributed by atoms with E-state index in [4.69, 9.17) is 0 Å². The molecule has 0 bridgehead atoms. The normalized spacial score (nSPS) is 18.9. The molecule has 1 saturated carbocycles. The fraction of sp³-hybridized carbons (Fsp3) is 0.818. The third-order valence-corrected chi connectivity index (χ3v) is 4.17. The van der Waals surface area contributed by atoms with Crippen LogP contribution in [0.2, 0.25) is 0 Å². The molecule has 0 radical (unpaired) electrons. The van der Waals surface area contributed by atoms with Crippen LogP contribution < -0.4 is 0 Å². The van der Waals surface area contributed by atoms with Gasteiger partial charge in [-0.1, -0.05) is 19.3 Å². The van der Waals surface area contributed by atoms with Crippen LogP contribution in [-0.4, -0.2) is 45.7 Å². The van der Waals surface area contributed by atoms with Gasteiger partial charge in [0.25, 0.3) is 0 Å². The smallest absolute Gasteiger partial charge is 0.442 e. The summed E-state index contributed by atoms with van der Waals surface area (Å²) in [5.41, 5.74) is -5.83. The second-order valence-corrected chi connectivity index (χ2v) is 5.62. The molecule has 0 aromatic rings. The van der Waals surface area contributed by atoms with Crippen molar-refractivity contribution in [1.29, 1.82) is 0 Å². The molecule has 19 heavy (non-hydrogen) atoms. The van der Waals surface area contributed by atoms with Crippen molar-refractivity contribution in [2.75, 3.05) is 12.8 Å². The van der Waals surface area contributed by atoms with Crippen molar-refractivity contribution in [1.82, 2.24) is 4.90 Å². The Labute approximate surface area is 113 Å². The number of rotatable bonds is 4. The number of hydrogen-bond acceptors (Lipinski definition) is 3. The molecule has 110 valence electrons. The standard InChI is InChI=1S/C11H16F3NO3S/c1-15(8(16)7-19-11(12,13)14)10(9(17)18)5-3-2-4-6-10/h2-7H2,1H3,(H,17,18). The monoisotopic (exact) mass is 299 g/mol. The van der Waals surface area contributed by atoms with Gasteiger partial charge in [0.15, 0.2) is 0 Å². The number of nitrogens with zero attached hydrogens (tertiary/aromatic N) is 1. The summed E-state index contributed by atoms with van der Waals surface area (Å²) in [5.74, 6) is -2.72. The maximum atomic E-state index is 12.1. The van der Waals surface area contributed by atoms with Gasteiger partial charge in [-0.2, -0.15) is 13.2 Å². The van der Waals surface area contributed by atoms with Gasteiger partial charge >= 0.3 is 11.5 Å². The van der Waals surface area contributed by atoms with Crippen LogP contribution in [0.15, 0.2) is 0 Å². The lowest BCUT2D eigenvalue weighted by Gasteiger charge is -2.41. The second kappa shape index (κ2) is 6.02. The highest BCUT2D eigenvalue weighted by molar-refractivity contribution is 8.00. The van der Waals surface area contributed by atoms with Crippen molar-refractivity contribution in [2.24, 2.45) is 0 Å². The molecule has 1 rings (SSSR count). The lowest BCUT2D eigenvalue weighted by atomic mass is 9.80. The first-order valence-corrected chi connectivity index (χ1v) is 6.88. The van der Waals surface area contributed by atoms with Crippen molar-refractivity contribution in [3.8, 4) is 0 Å². The molecule has 1 aliphatic rings. The molecule has 1 N–H and O–H groups in total. The molecule has 1 amide bonds. The van der Waals surface area contributed by atoms with E-state index in [1.165, 1.54) is 7.05 Å². The van der Waals surface area contributed by atoms with Gasteiger partial charge in [-0.05, 0) is 24.6 Å². The van der Waals surface area contributed by atoms with Crippen LogP contribution in [0.5, 0.6) is 0 Å². The summed E-state index contributed by atoms with van der Waals surface area (Å²) in [6.45, 7) is 0. The number of carbonyl (C=O) groups excluding carboxylic acids is 1. The molecule has 0 unspecified atom stereocenters. The van der Waals surface area contributed by atoms with Gasteiger partial charge in [0, 0.05) is 7.05 Å². The van der Waals surface area contributed by atoms with Crippen molar-refractivity contribution in [3.63, 3.8) is 0 Å². The molecule has 0 heterocycles. The molecule has 0 atom stereocenters. The Morgan fingerprint density at radius 3 is 2.21 bits per heavy atom. The summed E-state index contributed by atoms with van der Waals surface area (Å²) < 4.78 is 36.2. The minimum atomic E-state index is -4.49. The Kier molecular flexibility index (Phi) is 5.11. The van der Waals surface area contributed by atoms with E-state index in [9.17, 15) is 27.9 Å². The van der Waals surface area contributed by atoms with Crippen LogP contribution in [0.4, 0.5) is 13.2 Å². The Morgan fingerprint density at radius 1 is 1.26 bits per heavy atom. The van der Waals surface area contributed by atoms with Gasteiger partial charge in [0.05, 0.1) is 5.75 Å². The third kappa shape index (κ3) is 4.02. The molecule has 0 spiro atoms. The van der Waals surface area contributed by atoms with E-state index >= 15 is 0 Å². The third-order valence-electron chi connectivity index (χ3n) is 3.45. The van der Waals surface area contributed by atoms with Crippen molar-refractivity contribution in [3.05, 3.63) is 0 Å². The van der Waals surface area contributed by atoms with Crippen LogP contribution >= 0.6 is 11.8 Å². The number of likely N-dealkylation sites (N-methyl/N-ethyl adjacent to an activating group) is 1. The number of halogens is 3. The first-order chi connectivity index (χ1) is 8.69. The van der Waals surface area contributed by atoms with E-state index in [2.05, 4.69) is 0 Å². The van der Waals surface area contributed by atoms with Gasteiger partial charge in [-0.3, -0.25) is 4.79 Å². The molecule has 1 aliphatic carbocycles. The predicted molar refractivity (Wildman–Crippen MR) is 64.7 cm³/mol. The summed E-state index contributed by atoms with van der Waals surface area (Å²) in [5, 5.41) is 9.31. The average molecular weight is 299 g/mol. The second-order valence-electron chi connectivity index (χ2n) is 4.58. The zero-order valence-corrected chi connectivity index (χ0v) is 11.3. The summed E-state index contributed by atoms with van der Waals surface area (Å²) in [6.07, 6.45) is 2.80. The molecule has 0 aromatic carbocycles. The summed E-state index contributed by atoms with van der Waals surface area (Å²) in [4.78, 5) is 24.1. The number of amides is 1. The largest absolute Gasteiger partial charge is 0.479 e. The number of carbonyl (C=O) groups is 2. The molecule has 4 nitrogen and oxygen atoms in total. The minimum absolute atomic E-state index is 0.293. The number of carboxylic acid groups (broad SMARTS) is 1. The van der Waals surface area contributed by atoms with Crippen molar-refractivity contribution < 1.29 is 27.9 Å². The highest BCUT2D eigenvalue weighted by Gasteiger charge is 2.45. The molecule has 1 fully saturated rings. The van der Waals surface area contributed by atoms with E-state index < -0.39 is 40.4 Å². The van der Waals surface area contributed by atoms with Crippen molar-refractivity contribution in [2.45, 2.75) is 43.2 Å². The number of thioether (sulfide) groups is 1. The number of aliphatic carboxylic acids is 1. The number of carboxylic acids is 1. The molecule has 0 saturated heterocycles. The maximum absolute atomic E-state index is 12.1. The first kappa shape index (κ1) is 16.1. The molecule has 0 aromatic heterocycles. The SMILES string of the molecule is CN(C(=O)CSC(F)(F)F)C1(C(=O)O)CCCCC1. The lowest BCUT2D eigenvalue weighted by Crippen LogP contribution is -2.56. The van der Waals surface area contributed by atoms with E-state index in [-0.39, 0.29) is 0 Å². The Hall–Kier alpha value is -0.920. The summed E-state index contributed by atoms with van der Waals surface area (Å²) >= 11 is -0.440. The van der Waals surface area contributed by atoms with Gasteiger partial charge in [-0.25, -0.2) is 4.79 Å². The van der Waals surface area contributed by atoms with Crippen LogP contribution in [0, 0.1) is 0 Å². The zero-order valence-electron chi connectivity index (χ0n) is 10.5. The topological polar surface area (TPSA) is 57.6 Å². The first-order valence-electron chi connectivity index (χ1n) is 5.90. The molecular weight excluding hydrogens is 283 g/mol. The summed E-state index contributed by atoms with van der Waals surface area (Å²) in [6, 6.07) is 0. The fourth-order valence-electron chi connectivity index (χ4n) is 2.31. The van der Waals surface area contributed by atoms with E-state index in [1.54, 1.807) is 0 Å². The van der Waals surface area contributed by atoms with Crippen LogP contribution in [0.25, 0.3) is 0 Å². The fourth-order valence-corrected chi connectivity index (χ4v) is 2.79. The quantitative estimate of drug-likeness (QED) is 0.866. The lowest BCUT2D eigenvalue weighted by molar-refractivity contribution is -0.159. The van der Waals surface area contributed by atoms with Gasteiger partial charge in [-0.15, -0.1) is 0 Å². The van der Waals surface area contributed by atoms with Crippen molar-refractivity contribution >= 4 is 23.6 Å². The minimum Gasteiger partial charge on any atom is -0.479 e. The molecule has 0 aliphatic heterocycles. The molecule has 8 heteroatoms. The molecular formula is C11H16F3NO3S.